The Morgan fingerprint density at radius 2 is 1.75 bits per heavy atom. The Labute approximate surface area is 194 Å². The van der Waals surface area contributed by atoms with Gasteiger partial charge in [0.1, 0.15) is 5.25 Å². The van der Waals surface area contributed by atoms with E-state index in [0.29, 0.717) is 16.4 Å². The molecule has 0 aliphatic heterocycles. The summed E-state index contributed by atoms with van der Waals surface area (Å²) in [7, 11) is 0. The molecule has 0 bridgehead atoms. The summed E-state index contributed by atoms with van der Waals surface area (Å²) in [6.45, 7) is 1.95. The van der Waals surface area contributed by atoms with Crippen molar-refractivity contribution in [1.82, 2.24) is 4.98 Å². The normalized spacial score (nSPS) is 11.5. The summed E-state index contributed by atoms with van der Waals surface area (Å²) >= 11 is 2.80. The largest absolute Gasteiger partial charge is 0.322 e. The second-order valence-corrected chi connectivity index (χ2v) is 9.16. The van der Waals surface area contributed by atoms with E-state index in [1.54, 1.807) is 12.3 Å². The van der Waals surface area contributed by atoms with Crippen molar-refractivity contribution in [3.63, 3.8) is 0 Å². The lowest BCUT2D eigenvalue weighted by molar-refractivity contribution is -0.115. The van der Waals surface area contributed by atoms with Gasteiger partial charge in [-0.15, -0.1) is 23.1 Å². The van der Waals surface area contributed by atoms with Crippen molar-refractivity contribution in [2.45, 2.75) is 17.1 Å². The zero-order chi connectivity index (χ0) is 22.3. The van der Waals surface area contributed by atoms with Gasteiger partial charge in [0.15, 0.2) is 5.13 Å². The van der Waals surface area contributed by atoms with Crippen LogP contribution in [0, 0.1) is 6.92 Å². The molecule has 32 heavy (non-hydrogen) atoms. The number of hydrogen-bond acceptors (Lipinski definition) is 5. The first kappa shape index (κ1) is 21.8. The summed E-state index contributed by atoms with van der Waals surface area (Å²) in [5.74, 6) is -0.317. The highest BCUT2D eigenvalue weighted by molar-refractivity contribution is 8.00. The van der Waals surface area contributed by atoms with Crippen LogP contribution in [-0.2, 0) is 4.79 Å². The third-order valence-electron chi connectivity index (χ3n) is 4.63. The maximum atomic E-state index is 13.1. The monoisotopic (exact) mass is 459 g/mol. The van der Waals surface area contributed by atoms with E-state index in [1.807, 2.05) is 85.1 Å². The highest BCUT2D eigenvalue weighted by atomic mass is 32.2. The molecule has 0 aliphatic rings. The number of nitrogens with one attached hydrogen (secondary N) is 2. The predicted octanol–water partition coefficient (Wildman–Crippen LogP) is 6.18. The number of hydrogen-bond donors (Lipinski definition) is 2. The van der Waals surface area contributed by atoms with Crippen LogP contribution in [0.15, 0.2) is 95.3 Å². The van der Waals surface area contributed by atoms with Gasteiger partial charge in [-0.25, -0.2) is 4.98 Å². The minimum Gasteiger partial charge on any atom is -0.322 e. The maximum absolute atomic E-state index is 13.1. The summed E-state index contributed by atoms with van der Waals surface area (Å²) in [5, 5.41) is 7.75. The Kier molecular flexibility index (Phi) is 6.99. The van der Waals surface area contributed by atoms with E-state index in [9.17, 15) is 9.59 Å². The fraction of sp³-hybridized carbons (Fsp3) is 0.0800. The fourth-order valence-corrected chi connectivity index (χ4v) is 4.75. The van der Waals surface area contributed by atoms with Gasteiger partial charge < -0.3 is 10.6 Å². The Balaban J connectivity index is 1.53. The quantitative estimate of drug-likeness (QED) is 0.324. The van der Waals surface area contributed by atoms with Crippen LogP contribution in [0.3, 0.4) is 0 Å². The lowest BCUT2D eigenvalue weighted by atomic mass is 10.1. The van der Waals surface area contributed by atoms with Crippen molar-refractivity contribution in [2.75, 3.05) is 10.6 Å². The second-order valence-electron chi connectivity index (χ2n) is 7.09. The van der Waals surface area contributed by atoms with E-state index in [-0.39, 0.29) is 11.8 Å². The molecule has 0 fully saturated rings. The Morgan fingerprint density at radius 3 is 2.50 bits per heavy atom. The van der Waals surface area contributed by atoms with E-state index in [2.05, 4.69) is 15.6 Å². The van der Waals surface area contributed by atoms with Crippen LogP contribution in [0.2, 0.25) is 0 Å². The molecule has 2 N–H and O–H groups in total. The molecule has 0 saturated carbocycles. The summed E-state index contributed by atoms with van der Waals surface area (Å²) < 4.78 is 0. The lowest BCUT2D eigenvalue weighted by Gasteiger charge is -2.17. The van der Waals surface area contributed by atoms with Crippen LogP contribution in [0.25, 0.3) is 0 Å². The summed E-state index contributed by atoms with van der Waals surface area (Å²) in [6, 6.07) is 24.6. The van der Waals surface area contributed by atoms with Crippen molar-refractivity contribution in [3.05, 3.63) is 107 Å². The number of anilines is 2. The molecule has 5 nitrogen and oxygen atoms in total. The van der Waals surface area contributed by atoms with Gasteiger partial charge in [-0.1, -0.05) is 54.1 Å². The summed E-state index contributed by atoms with van der Waals surface area (Å²) in [6.07, 6.45) is 1.66. The second kappa shape index (κ2) is 10.3. The topological polar surface area (TPSA) is 71.1 Å². The number of thioether (sulfide) groups is 1. The first-order valence-corrected chi connectivity index (χ1v) is 11.7. The van der Waals surface area contributed by atoms with E-state index >= 15 is 0 Å². The lowest BCUT2D eigenvalue weighted by Crippen LogP contribution is -2.19. The Morgan fingerprint density at radius 1 is 0.938 bits per heavy atom. The zero-order valence-corrected chi connectivity index (χ0v) is 19.0. The van der Waals surface area contributed by atoms with Crippen LogP contribution in [0.5, 0.6) is 0 Å². The van der Waals surface area contributed by atoms with Gasteiger partial charge in [-0.05, 0) is 42.8 Å². The van der Waals surface area contributed by atoms with Gasteiger partial charge in [-0.3, -0.25) is 9.59 Å². The molecular weight excluding hydrogens is 438 g/mol. The van der Waals surface area contributed by atoms with E-state index in [0.717, 1.165) is 16.0 Å². The van der Waals surface area contributed by atoms with E-state index in [4.69, 9.17) is 0 Å². The highest BCUT2D eigenvalue weighted by Crippen LogP contribution is 2.37. The first-order chi connectivity index (χ1) is 15.6. The number of aromatic nitrogens is 1. The van der Waals surface area contributed by atoms with Crippen LogP contribution in [-0.4, -0.2) is 16.8 Å². The van der Waals surface area contributed by atoms with Gasteiger partial charge in [0.2, 0.25) is 5.91 Å². The number of rotatable bonds is 7. The number of carbonyl (C=O) groups excluding carboxylic acids is 2. The number of thiazole rings is 1. The van der Waals surface area contributed by atoms with Gasteiger partial charge in [0.25, 0.3) is 5.91 Å². The van der Waals surface area contributed by atoms with Crippen LogP contribution < -0.4 is 10.6 Å². The molecule has 4 aromatic rings. The zero-order valence-electron chi connectivity index (χ0n) is 17.3. The van der Waals surface area contributed by atoms with Crippen LogP contribution >= 0.6 is 23.1 Å². The molecular formula is C25H21N3O2S2. The molecule has 1 unspecified atom stereocenters. The van der Waals surface area contributed by atoms with Crippen molar-refractivity contribution in [1.29, 1.82) is 0 Å². The Hall–Kier alpha value is -3.42. The van der Waals surface area contributed by atoms with Gasteiger partial charge >= 0.3 is 0 Å². The standard InChI is InChI=1S/C25H21N3O2S2/c1-17-7-5-10-19(15-17)23(29)27-20-11-6-12-21(16-20)32-22(18-8-3-2-4-9-18)24(30)28-25-26-13-14-31-25/h2-16,22H,1H3,(H,27,29)(H,26,28,30). The van der Waals surface area contributed by atoms with Crippen molar-refractivity contribution < 1.29 is 9.59 Å². The molecule has 1 heterocycles. The SMILES string of the molecule is Cc1cccc(C(=O)Nc2cccc(SC(C(=O)Nc3nccs3)c3ccccc3)c2)c1. The fourth-order valence-electron chi connectivity index (χ4n) is 3.13. The molecule has 2 amide bonds. The smallest absolute Gasteiger partial charge is 0.255 e. The predicted molar refractivity (Wildman–Crippen MR) is 131 cm³/mol. The molecule has 7 heteroatoms. The van der Waals surface area contributed by atoms with Crippen molar-refractivity contribution >= 4 is 45.7 Å². The average molecular weight is 460 g/mol. The maximum Gasteiger partial charge on any atom is 0.255 e. The van der Waals surface area contributed by atoms with Crippen molar-refractivity contribution in [2.24, 2.45) is 0 Å². The molecule has 1 aromatic heterocycles. The number of amides is 2. The molecule has 0 radical (unpaired) electrons. The minimum absolute atomic E-state index is 0.148. The van der Waals surface area contributed by atoms with Gasteiger partial charge in [0.05, 0.1) is 0 Å². The third kappa shape index (κ3) is 5.63. The summed E-state index contributed by atoms with van der Waals surface area (Å²) in [5.41, 5.74) is 3.20. The minimum atomic E-state index is -0.470. The first-order valence-electron chi connectivity index (χ1n) is 9.98. The van der Waals surface area contributed by atoms with Crippen molar-refractivity contribution in [3.8, 4) is 0 Å². The molecule has 0 saturated heterocycles. The van der Waals surface area contributed by atoms with Gasteiger partial charge in [0, 0.05) is 27.7 Å². The highest BCUT2D eigenvalue weighted by Gasteiger charge is 2.23. The van der Waals surface area contributed by atoms with Gasteiger partial charge in [-0.2, -0.15) is 0 Å². The molecule has 4 rings (SSSR count). The van der Waals surface area contributed by atoms with Crippen LogP contribution in [0.4, 0.5) is 10.8 Å². The number of carbonyl (C=O) groups is 2. The Bertz CT molecular complexity index is 1210. The molecule has 0 spiro atoms. The number of nitrogens with zero attached hydrogens (tertiary/aromatic N) is 1. The van der Waals surface area contributed by atoms with E-state index < -0.39 is 5.25 Å². The molecule has 160 valence electrons. The molecule has 1 atom stereocenters. The average Bonchev–Trinajstić information content (AvgIpc) is 3.31. The third-order valence-corrected chi connectivity index (χ3v) is 6.57. The van der Waals surface area contributed by atoms with E-state index in [1.165, 1.54) is 23.1 Å². The summed E-state index contributed by atoms with van der Waals surface area (Å²) in [4.78, 5) is 30.7. The van der Waals surface area contributed by atoms with Crippen LogP contribution in [0.1, 0.15) is 26.7 Å². The molecule has 0 aliphatic carbocycles. The molecule has 3 aromatic carbocycles. The number of benzene rings is 3. The number of aryl methyl sites for hydroxylation is 1.